The summed E-state index contributed by atoms with van der Waals surface area (Å²) < 4.78 is 0. The van der Waals surface area contributed by atoms with Gasteiger partial charge in [0.05, 0.1) is 0 Å². The summed E-state index contributed by atoms with van der Waals surface area (Å²) in [5.74, 6) is 0. The maximum Gasteiger partial charge on any atom is 0.0462 e. The van der Waals surface area contributed by atoms with Crippen LogP contribution in [0.3, 0.4) is 0 Å². The second kappa shape index (κ2) is 13.3. The average Bonchev–Trinajstić information content (AvgIpc) is 3.22. The first-order valence-corrected chi connectivity index (χ1v) is 17.5. The number of hydrogen-bond acceptors (Lipinski definition) is 1. The number of benzene rings is 9. The number of para-hydroxylation sites is 1. The number of anilines is 3. The quantitative estimate of drug-likeness (QED) is 0.155. The first kappa shape index (κ1) is 30.4. The Hall–Kier alpha value is -6.70. The van der Waals surface area contributed by atoms with Crippen molar-refractivity contribution in [1.82, 2.24) is 0 Å². The van der Waals surface area contributed by atoms with Gasteiger partial charge >= 0.3 is 0 Å². The van der Waals surface area contributed by atoms with E-state index in [1.54, 1.807) is 0 Å². The summed E-state index contributed by atoms with van der Waals surface area (Å²) in [6, 6.07) is 76.5. The van der Waals surface area contributed by atoms with Crippen LogP contribution in [0.15, 0.2) is 212 Å². The van der Waals surface area contributed by atoms with Crippen LogP contribution in [0.4, 0.5) is 17.1 Å². The van der Waals surface area contributed by atoms with Gasteiger partial charge in [-0.2, -0.15) is 0 Å². The normalized spacial score (nSPS) is 11.1. The predicted octanol–water partition coefficient (Wildman–Crippen LogP) is 14.1. The molecule has 9 rings (SSSR count). The van der Waals surface area contributed by atoms with Gasteiger partial charge in [-0.25, -0.2) is 0 Å². The lowest BCUT2D eigenvalue weighted by Gasteiger charge is -2.26. The van der Waals surface area contributed by atoms with Gasteiger partial charge in [-0.05, 0) is 102 Å². The zero-order chi connectivity index (χ0) is 34.0. The standard InChI is InChI=1S/C50H35N/c1-5-16-36(17-6-1)37-28-32-42(33-29-37)51(41-22-11-4-12-23-41)43-34-30-38(31-35-43)44-26-15-27-47-49(40-20-9-3-10-21-40)48(39-18-7-2-8-19-39)45-24-13-14-25-46(45)50(44)47/h1-35H. The Labute approximate surface area is 299 Å². The van der Waals surface area contributed by atoms with Crippen LogP contribution in [-0.4, -0.2) is 0 Å². The van der Waals surface area contributed by atoms with E-state index in [-0.39, 0.29) is 0 Å². The minimum Gasteiger partial charge on any atom is -0.311 e. The van der Waals surface area contributed by atoms with Gasteiger partial charge in [-0.1, -0.05) is 176 Å². The molecular weight excluding hydrogens is 615 g/mol. The fourth-order valence-electron chi connectivity index (χ4n) is 7.54. The van der Waals surface area contributed by atoms with Crippen LogP contribution >= 0.6 is 0 Å². The van der Waals surface area contributed by atoms with Crippen LogP contribution in [0.5, 0.6) is 0 Å². The molecule has 0 N–H and O–H groups in total. The van der Waals surface area contributed by atoms with Crippen LogP contribution in [-0.2, 0) is 0 Å². The summed E-state index contributed by atoms with van der Waals surface area (Å²) in [6.07, 6.45) is 0. The van der Waals surface area contributed by atoms with Crippen LogP contribution in [0.1, 0.15) is 0 Å². The van der Waals surface area contributed by atoms with Gasteiger partial charge < -0.3 is 4.90 Å². The van der Waals surface area contributed by atoms with Crippen molar-refractivity contribution in [3.8, 4) is 44.5 Å². The minimum atomic E-state index is 1.11. The first-order valence-electron chi connectivity index (χ1n) is 17.5. The van der Waals surface area contributed by atoms with E-state index < -0.39 is 0 Å². The van der Waals surface area contributed by atoms with Gasteiger partial charge in [0.25, 0.3) is 0 Å². The molecule has 0 radical (unpaired) electrons. The number of nitrogens with zero attached hydrogens (tertiary/aromatic N) is 1. The van der Waals surface area contributed by atoms with Crippen molar-refractivity contribution < 1.29 is 0 Å². The Morgan fingerprint density at radius 3 is 1.20 bits per heavy atom. The Morgan fingerprint density at radius 2 is 0.627 bits per heavy atom. The zero-order valence-corrected chi connectivity index (χ0v) is 28.2. The van der Waals surface area contributed by atoms with E-state index in [9.17, 15) is 0 Å². The molecule has 0 aliphatic rings. The molecule has 0 heterocycles. The fourth-order valence-corrected chi connectivity index (χ4v) is 7.54. The average molecular weight is 650 g/mol. The van der Waals surface area contributed by atoms with E-state index in [0.29, 0.717) is 0 Å². The molecule has 0 unspecified atom stereocenters. The molecule has 0 saturated heterocycles. The van der Waals surface area contributed by atoms with Crippen LogP contribution in [0, 0.1) is 0 Å². The molecule has 9 aromatic rings. The number of hydrogen-bond donors (Lipinski definition) is 0. The molecular formula is C50H35N. The monoisotopic (exact) mass is 649 g/mol. The van der Waals surface area contributed by atoms with Crippen molar-refractivity contribution in [3.05, 3.63) is 212 Å². The second-order valence-electron chi connectivity index (χ2n) is 12.9. The van der Waals surface area contributed by atoms with Crippen molar-refractivity contribution in [2.75, 3.05) is 4.90 Å². The molecule has 0 bridgehead atoms. The minimum absolute atomic E-state index is 1.11. The Bertz CT molecular complexity index is 2580. The van der Waals surface area contributed by atoms with Gasteiger partial charge in [0.15, 0.2) is 0 Å². The SMILES string of the molecule is c1ccc(-c2ccc(N(c3ccccc3)c3ccc(-c4cccc5c(-c6ccccc6)c(-c6ccccc6)c6ccccc6c45)cc3)cc2)cc1. The van der Waals surface area contributed by atoms with Crippen molar-refractivity contribution in [2.45, 2.75) is 0 Å². The molecule has 0 fully saturated rings. The molecule has 0 amide bonds. The summed E-state index contributed by atoms with van der Waals surface area (Å²) in [5, 5.41) is 5.05. The lowest BCUT2D eigenvalue weighted by Crippen LogP contribution is -2.09. The molecule has 0 aliphatic heterocycles. The van der Waals surface area contributed by atoms with Crippen molar-refractivity contribution in [2.24, 2.45) is 0 Å². The Morgan fingerprint density at radius 1 is 0.235 bits per heavy atom. The predicted molar refractivity (Wildman–Crippen MR) is 218 cm³/mol. The van der Waals surface area contributed by atoms with E-state index in [2.05, 4.69) is 217 Å². The van der Waals surface area contributed by atoms with Crippen LogP contribution < -0.4 is 4.90 Å². The maximum absolute atomic E-state index is 2.33. The van der Waals surface area contributed by atoms with E-state index in [0.717, 1.165) is 17.1 Å². The summed E-state index contributed by atoms with van der Waals surface area (Å²) in [5.41, 5.74) is 13.2. The largest absolute Gasteiger partial charge is 0.311 e. The molecule has 0 aromatic heterocycles. The molecule has 0 saturated carbocycles. The van der Waals surface area contributed by atoms with Crippen molar-refractivity contribution in [1.29, 1.82) is 0 Å². The highest BCUT2D eigenvalue weighted by molar-refractivity contribution is 6.25. The highest BCUT2D eigenvalue weighted by atomic mass is 15.1. The van der Waals surface area contributed by atoms with Crippen LogP contribution in [0.2, 0.25) is 0 Å². The first-order chi connectivity index (χ1) is 25.3. The fraction of sp³-hybridized carbons (Fsp3) is 0. The van der Waals surface area contributed by atoms with Crippen LogP contribution in [0.25, 0.3) is 66.1 Å². The van der Waals surface area contributed by atoms with Gasteiger partial charge in [-0.3, -0.25) is 0 Å². The number of rotatable bonds is 7. The Balaban J connectivity index is 1.21. The smallest absolute Gasteiger partial charge is 0.0462 e. The van der Waals surface area contributed by atoms with Crippen molar-refractivity contribution in [3.63, 3.8) is 0 Å². The third-order valence-electron chi connectivity index (χ3n) is 9.86. The molecule has 240 valence electrons. The third kappa shape index (κ3) is 5.65. The van der Waals surface area contributed by atoms with E-state index in [1.807, 2.05) is 0 Å². The molecule has 9 aromatic carbocycles. The van der Waals surface area contributed by atoms with E-state index >= 15 is 0 Å². The topological polar surface area (TPSA) is 3.24 Å². The molecule has 0 atom stereocenters. The molecule has 1 heteroatoms. The van der Waals surface area contributed by atoms with E-state index in [1.165, 1.54) is 66.1 Å². The third-order valence-corrected chi connectivity index (χ3v) is 9.86. The molecule has 0 aliphatic carbocycles. The van der Waals surface area contributed by atoms with Gasteiger partial charge in [0, 0.05) is 17.1 Å². The maximum atomic E-state index is 2.33. The molecule has 1 nitrogen and oxygen atoms in total. The Kier molecular flexibility index (Phi) is 7.92. The highest BCUT2D eigenvalue weighted by Gasteiger charge is 2.20. The summed E-state index contributed by atoms with van der Waals surface area (Å²) in [6.45, 7) is 0. The molecule has 0 spiro atoms. The van der Waals surface area contributed by atoms with E-state index in [4.69, 9.17) is 0 Å². The number of fused-ring (bicyclic) bond motifs is 3. The highest BCUT2D eigenvalue weighted by Crippen LogP contribution is 2.47. The lowest BCUT2D eigenvalue weighted by atomic mass is 9.83. The van der Waals surface area contributed by atoms with Gasteiger partial charge in [0.2, 0.25) is 0 Å². The second-order valence-corrected chi connectivity index (χ2v) is 12.9. The zero-order valence-electron chi connectivity index (χ0n) is 28.2. The van der Waals surface area contributed by atoms with Crippen molar-refractivity contribution >= 4 is 38.6 Å². The summed E-state index contributed by atoms with van der Waals surface area (Å²) in [7, 11) is 0. The summed E-state index contributed by atoms with van der Waals surface area (Å²) >= 11 is 0. The van der Waals surface area contributed by atoms with Gasteiger partial charge in [0.1, 0.15) is 0 Å². The summed E-state index contributed by atoms with van der Waals surface area (Å²) in [4.78, 5) is 2.33. The molecule has 51 heavy (non-hydrogen) atoms. The van der Waals surface area contributed by atoms with Gasteiger partial charge in [-0.15, -0.1) is 0 Å². The lowest BCUT2D eigenvalue weighted by molar-refractivity contribution is 1.28.